The molecular weight excluding hydrogens is 238 g/mol. The van der Waals surface area contributed by atoms with Crippen molar-refractivity contribution in [3.8, 4) is 0 Å². The van der Waals surface area contributed by atoms with E-state index in [1.807, 2.05) is 12.1 Å². The minimum Gasteiger partial charge on any atom is -0.462 e. The zero-order valence-electron chi connectivity index (χ0n) is 9.65. The van der Waals surface area contributed by atoms with E-state index < -0.39 is 16.8 Å². The van der Waals surface area contributed by atoms with Crippen molar-refractivity contribution in [2.75, 3.05) is 11.9 Å². The van der Waals surface area contributed by atoms with Gasteiger partial charge in [0.05, 0.1) is 28.0 Å². The summed E-state index contributed by atoms with van der Waals surface area (Å²) in [6.45, 7) is 3.72. The van der Waals surface area contributed by atoms with Gasteiger partial charge >= 0.3 is 5.97 Å². The van der Waals surface area contributed by atoms with Gasteiger partial charge in [0, 0.05) is 5.70 Å². The highest BCUT2D eigenvalue weighted by Crippen LogP contribution is 2.31. The normalized spacial score (nSPS) is 18.4. The zero-order valence-corrected chi connectivity index (χ0v) is 10.5. The number of ether oxygens (including phenoxy) is 1. The Hall–Kier alpha value is -1.62. The van der Waals surface area contributed by atoms with E-state index in [-0.39, 0.29) is 11.5 Å². The number of esters is 1. The second-order valence-electron chi connectivity index (χ2n) is 3.56. The molecule has 1 aromatic rings. The van der Waals surface area contributed by atoms with Crippen molar-refractivity contribution in [3.05, 3.63) is 34.9 Å². The molecule has 0 saturated carbocycles. The molecule has 0 spiro atoms. The maximum absolute atomic E-state index is 12.3. The van der Waals surface area contributed by atoms with E-state index in [4.69, 9.17) is 4.74 Å². The van der Waals surface area contributed by atoms with Gasteiger partial charge in [0.25, 0.3) is 0 Å². The van der Waals surface area contributed by atoms with E-state index in [0.717, 1.165) is 5.69 Å². The lowest BCUT2D eigenvalue weighted by Crippen LogP contribution is -2.21. The summed E-state index contributed by atoms with van der Waals surface area (Å²) in [5.41, 5.74) is 1.36. The Bertz CT molecular complexity index is 522. The Morgan fingerprint density at radius 2 is 2.12 bits per heavy atom. The third kappa shape index (κ3) is 2.10. The van der Waals surface area contributed by atoms with Gasteiger partial charge in [-0.3, -0.25) is 0 Å². The Morgan fingerprint density at radius 1 is 1.41 bits per heavy atom. The van der Waals surface area contributed by atoms with Crippen LogP contribution in [0.1, 0.15) is 13.8 Å². The maximum atomic E-state index is 12.3. The van der Waals surface area contributed by atoms with Crippen LogP contribution < -0.4 is 5.32 Å². The van der Waals surface area contributed by atoms with Crippen LogP contribution in [-0.2, 0) is 20.3 Å². The average molecular weight is 251 g/mol. The van der Waals surface area contributed by atoms with E-state index in [2.05, 4.69) is 5.32 Å². The second-order valence-corrected chi connectivity index (χ2v) is 4.95. The van der Waals surface area contributed by atoms with Crippen LogP contribution in [0, 0.1) is 0 Å². The minimum absolute atomic E-state index is 0.200. The molecule has 0 unspecified atom stereocenters. The predicted molar refractivity (Wildman–Crippen MR) is 65.8 cm³/mol. The number of nitrogens with one attached hydrogen (secondary N) is 1. The first-order chi connectivity index (χ1) is 8.15. The highest BCUT2D eigenvalue weighted by atomic mass is 32.2. The number of benzene rings is 1. The summed E-state index contributed by atoms with van der Waals surface area (Å²) >= 11 is 0. The zero-order chi connectivity index (χ0) is 12.4. The molecule has 17 heavy (non-hydrogen) atoms. The number of anilines is 1. The van der Waals surface area contributed by atoms with Gasteiger partial charge < -0.3 is 10.1 Å². The van der Waals surface area contributed by atoms with Gasteiger partial charge in [0.1, 0.15) is 4.91 Å². The number of hydrogen-bond donors (Lipinski definition) is 1. The van der Waals surface area contributed by atoms with Crippen LogP contribution >= 0.6 is 0 Å². The first-order valence-electron chi connectivity index (χ1n) is 5.31. The summed E-state index contributed by atoms with van der Waals surface area (Å²) in [7, 11) is -1.47. The third-order valence-electron chi connectivity index (χ3n) is 2.40. The van der Waals surface area contributed by atoms with Crippen molar-refractivity contribution < 1.29 is 13.7 Å². The lowest BCUT2D eigenvalue weighted by atomic mass is 10.3. The lowest BCUT2D eigenvalue weighted by molar-refractivity contribution is -0.137. The van der Waals surface area contributed by atoms with Gasteiger partial charge in [-0.15, -0.1) is 0 Å². The van der Waals surface area contributed by atoms with Crippen LogP contribution in [0.2, 0.25) is 0 Å². The number of hydrogen-bond acceptors (Lipinski definition) is 4. The second kappa shape index (κ2) is 4.71. The van der Waals surface area contributed by atoms with Gasteiger partial charge in [-0.25, -0.2) is 9.00 Å². The Labute approximate surface area is 102 Å². The van der Waals surface area contributed by atoms with Crippen LogP contribution in [0.4, 0.5) is 5.69 Å². The molecule has 0 aliphatic carbocycles. The molecule has 0 aromatic heterocycles. The molecule has 1 aliphatic heterocycles. The fourth-order valence-corrected chi connectivity index (χ4v) is 2.95. The molecule has 0 fully saturated rings. The number of carbonyl (C=O) groups excluding carboxylic acids is 1. The molecule has 1 N–H and O–H groups in total. The summed E-state index contributed by atoms with van der Waals surface area (Å²) in [6.07, 6.45) is 0. The van der Waals surface area contributed by atoms with Crippen molar-refractivity contribution >= 4 is 22.5 Å². The van der Waals surface area contributed by atoms with E-state index in [9.17, 15) is 9.00 Å². The van der Waals surface area contributed by atoms with Gasteiger partial charge in [0.15, 0.2) is 0 Å². The first-order valence-corrected chi connectivity index (χ1v) is 6.46. The molecule has 0 radical (unpaired) electrons. The van der Waals surface area contributed by atoms with Crippen molar-refractivity contribution in [2.24, 2.45) is 0 Å². The predicted octanol–water partition coefficient (Wildman–Crippen LogP) is 2.01. The third-order valence-corrected chi connectivity index (χ3v) is 3.99. The fraction of sp³-hybridized carbons (Fsp3) is 0.250. The molecule has 4 nitrogen and oxygen atoms in total. The monoisotopic (exact) mass is 251 g/mol. The van der Waals surface area contributed by atoms with Crippen LogP contribution in [0.5, 0.6) is 0 Å². The van der Waals surface area contributed by atoms with Gasteiger partial charge in [-0.1, -0.05) is 12.1 Å². The quantitative estimate of drug-likeness (QED) is 0.817. The summed E-state index contributed by atoms with van der Waals surface area (Å²) in [4.78, 5) is 12.5. The van der Waals surface area contributed by atoms with E-state index >= 15 is 0 Å². The molecule has 5 heteroatoms. The topological polar surface area (TPSA) is 55.4 Å². The molecule has 1 atom stereocenters. The smallest absolute Gasteiger partial charge is 0.349 e. The van der Waals surface area contributed by atoms with Crippen molar-refractivity contribution in [3.63, 3.8) is 0 Å². The number of allylic oxidation sites excluding steroid dienone is 1. The summed E-state index contributed by atoms with van der Waals surface area (Å²) in [5.74, 6) is -0.523. The molecule has 2 rings (SSSR count). The molecule has 1 heterocycles. The average Bonchev–Trinajstić information content (AvgIpc) is 2.29. The molecule has 0 bridgehead atoms. The molecule has 1 aliphatic rings. The van der Waals surface area contributed by atoms with E-state index in [1.165, 1.54) is 0 Å². The summed E-state index contributed by atoms with van der Waals surface area (Å²) in [5, 5.41) is 3.07. The number of rotatable bonds is 2. The minimum atomic E-state index is -1.47. The molecule has 1 aromatic carbocycles. The largest absolute Gasteiger partial charge is 0.462 e. The van der Waals surface area contributed by atoms with Crippen molar-refractivity contribution in [2.45, 2.75) is 18.7 Å². The highest BCUT2D eigenvalue weighted by molar-refractivity contribution is 7.90. The molecule has 90 valence electrons. The highest BCUT2D eigenvalue weighted by Gasteiger charge is 2.28. The Balaban J connectivity index is 2.43. The Morgan fingerprint density at radius 3 is 2.82 bits per heavy atom. The summed E-state index contributed by atoms with van der Waals surface area (Å²) < 4.78 is 17.2. The van der Waals surface area contributed by atoms with E-state index in [1.54, 1.807) is 26.0 Å². The van der Waals surface area contributed by atoms with Crippen molar-refractivity contribution in [1.29, 1.82) is 0 Å². The fourth-order valence-electron chi connectivity index (χ4n) is 1.66. The van der Waals surface area contributed by atoms with Crippen LogP contribution in [0.15, 0.2) is 39.8 Å². The SMILES string of the molecule is CCOC(=O)C1=C(C)Nc2ccccc2[S@]1=O. The lowest BCUT2D eigenvalue weighted by Gasteiger charge is -2.20. The first kappa shape index (κ1) is 11.9. The van der Waals surface area contributed by atoms with Crippen LogP contribution in [0.25, 0.3) is 0 Å². The molecule has 0 saturated heterocycles. The number of fused-ring (bicyclic) bond motifs is 1. The maximum Gasteiger partial charge on any atom is 0.349 e. The van der Waals surface area contributed by atoms with Crippen molar-refractivity contribution in [1.82, 2.24) is 0 Å². The van der Waals surface area contributed by atoms with Crippen LogP contribution in [0.3, 0.4) is 0 Å². The molecule has 0 amide bonds. The van der Waals surface area contributed by atoms with Gasteiger partial charge in [0.2, 0.25) is 0 Å². The Kier molecular flexibility index (Phi) is 3.28. The standard InChI is InChI=1S/C12H13NO3S/c1-3-16-12(14)11-8(2)13-9-6-4-5-7-10(9)17(11)15/h4-7,13H,3H2,1-2H3/t17-/m1/s1. The summed E-state index contributed by atoms with van der Waals surface area (Å²) in [6, 6.07) is 7.22. The van der Waals surface area contributed by atoms with Gasteiger partial charge in [-0.05, 0) is 26.0 Å². The number of carbonyl (C=O) groups is 1. The van der Waals surface area contributed by atoms with Gasteiger partial charge in [-0.2, -0.15) is 0 Å². The van der Waals surface area contributed by atoms with E-state index in [0.29, 0.717) is 10.6 Å². The molecular formula is C12H13NO3S. The van der Waals surface area contributed by atoms with Crippen LogP contribution in [-0.4, -0.2) is 16.8 Å². The number of para-hydroxylation sites is 1.